The number of allylic oxidation sites excluding steroid dienone is 1. The van der Waals surface area contributed by atoms with Gasteiger partial charge < -0.3 is 4.90 Å². The zero-order chi connectivity index (χ0) is 15.1. The summed E-state index contributed by atoms with van der Waals surface area (Å²) in [7, 11) is 5.98. The van der Waals surface area contributed by atoms with Crippen LogP contribution in [0.2, 0.25) is 0 Å². The molecule has 1 heterocycles. The van der Waals surface area contributed by atoms with Crippen LogP contribution in [0, 0.1) is 0 Å². The molecular formula is C18H22N2O. The zero-order valence-corrected chi connectivity index (χ0v) is 13.2. The van der Waals surface area contributed by atoms with Crippen molar-refractivity contribution in [1.29, 1.82) is 0 Å². The van der Waals surface area contributed by atoms with Crippen LogP contribution in [0.25, 0.3) is 6.08 Å². The highest BCUT2D eigenvalue weighted by molar-refractivity contribution is 6.03. The van der Waals surface area contributed by atoms with Crippen molar-refractivity contribution in [2.75, 3.05) is 26.0 Å². The standard InChI is InChI=1S/C18H22N2O/c1-12(19(2)3)18(21)15-10-9-14-11-13-7-5-6-8-16(13)20(4)17(14)15/h5-8,11-12H,9-10H2,1-4H3. The Balaban J connectivity index is 2.06. The van der Waals surface area contributed by atoms with Crippen molar-refractivity contribution in [2.24, 2.45) is 0 Å². The number of fused-ring (bicyclic) bond motifs is 2. The van der Waals surface area contributed by atoms with E-state index in [-0.39, 0.29) is 11.8 Å². The van der Waals surface area contributed by atoms with Gasteiger partial charge in [0.15, 0.2) is 5.78 Å². The molecule has 0 amide bonds. The van der Waals surface area contributed by atoms with Crippen molar-refractivity contribution in [1.82, 2.24) is 4.90 Å². The molecule has 0 spiro atoms. The minimum Gasteiger partial charge on any atom is -0.344 e. The normalized spacial score (nSPS) is 18.5. The topological polar surface area (TPSA) is 23.6 Å². The Morgan fingerprint density at radius 2 is 1.95 bits per heavy atom. The number of nitrogens with zero attached hydrogens (tertiary/aromatic N) is 2. The van der Waals surface area contributed by atoms with Crippen molar-refractivity contribution < 1.29 is 4.79 Å². The van der Waals surface area contributed by atoms with Gasteiger partial charge in [-0.05, 0) is 57.1 Å². The summed E-state index contributed by atoms with van der Waals surface area (Å²) < 4.78 is 0. The first-order chi connectivity index (χ1) is 10.0. The van der Waals surface area contributed by atoms with Crippen LogP contribution in [-0.2, 0) is 4.79 Å². The summed E-state index contributed by atoms with van der Waals surface area (Å²) >= 11 is 0. The lowest BCUT2D eigenvalue weighted by molar-refractivity contribution is -0.119. The van der Waals surface area contributed by atoms with Crippen LogP contribution < -0.4 is 4.90 Å². The minimum atomic E-state index is -0.0718. The van der Waals surface area contributed by atoms with Gasteiger partial charge in [-0.3, -0.25) is 9.69 Å². The molecule has 0 aromatic heterocycles. The van der Waals surface area contributed by atoms with E-state index in [9.17, 15) is 4.79 Å². The van der Waals surface area contributed by atoms with E-state index in [0.29, 0.717) is 0 Å². The third-order valence-electron chi connectivity index (χ3n) is 4.65. The summed E-state index contributed by atoms with van der Waals surface area (Å²) in [5, 5.41) is 0. The molecule has 1 aliphatic carbocycles. The first kappa shape index (κ1) is 14.1. The molecule has 21 heavy (non-hydrogen) atoms. The average Bonchev–Trinajstić information content (AvgIpc) is 2.90. The molecular weight excluding hydrogens is 260 g/mol. The largest absolute Gasteiger partial charge is 0.344 e. The van der Waals surface area contributed by atoms with Crippen molar-refractivity contribution in [3.63, 3.8) is 0 Å². The van der Waals surface area contributed by atoms with Crippen LogP contribution in [0.4, 0.5) is 5.69 Å². The smallest absolute Gasteiger partial charge is 0.177 e. The molecule has 1 aromatic carbocycles. The number of ketones is 1. The summed E-state index contributed by atoms with van der Waals surface area (Å²) in [6, 6.07) is 8.29. The molecule has 0 bridgehead atoms. The Kier molecular flexibility index (Phi) is 3.46. The Labute approximate surface area is 126 Å². The Morgan fingerprint density at radius 3 is 2.67 bits per heavy atom. The third-order valence-corrected chi connectivity index (χ3v) is 4.65. The molecule has 0 saturated carbocycles. The molecule has 3 rings (SSSR count). The van der Waals surface area contributed by atoms with Crippen molar-refractivity contribution in [2.45, 2.75) is 25.8 Å². The third kappa shape index (κ3) is 2.22. The average molecular weight is 282 g/mol. The molecule has 3 nitrogen and oxygen atoms in total. The predicted octanol–water partition coefficient (Wildman–Crippen LogP) is 3.09. The molecule has 0 N–H and O–H groups in total. The SMILES string of the molecule is CC(C(=O)C1=C2C(=Cc3ccccc3N2C)CC1)N(C)C. The van der Waals surface area contributed by atoms with Gasteiger partial charge in [0.1, 0.15) is 0 Å². The summed E-state index contributed by atoms with van der Waals surface area (Å²) in [5.41, 5.74) is 5.84. The molecule has 1 atom stereocenters. The van der Waals surface area contributed by atoms with E-state index in [1.165, 1.54) is 16.8 Å². The van der Waals surface area contributed by atoms with Crippen molar-refractivity contribution >= 4 is 17.5 Å². The fraction of sp³-hybridized carbons (Fsp3) is 0.389. The number of para-hydroxylation sites is 1. The number of likely N-dealkylation sites (N-methyl/N-ethyl adjacent to an activating group) is 2. The highest BCUT2D eigenvalue weighted by atomic mass is 16.1. The second kappa shape index (κ2) is 5.15. The number of hydrogen-bond acceptors (Lipinski definition) is 3. The van der Waals surface area contributed by atoms with Gasteiger partial charge in [0.25, 0.3) is 0 Å². The lowest BCUT2D eigenvalue weighted by Crippen LogP contribution is -2.35. The van der Waals surface area contributed by atoms with E-state index in [4.69, 9.17) is 0 Å². The molecule has 1 aliphatic heterocycles. The molecule has 0 fully saturated rings. The van der Waals surface area contributed by atoms with Gasteiger partial charge in [0.2, 0.25) is 0 Å². The fourth-order valence-corrected chi connectivity index (χ4v) is 3.20. The number of carbonyl (C=O) groups excluding carboxylic acids is 1. The van der Waals surface area contributed by atoms with Crippen LogP contribution in [-0.4, -0.2) is 37.9 Å². The van der Waals surface area contributed by atoms with E-state index in [1.807, 2.05) is 32.0 Å². The first-order valence-electron chi connectivity index (χ1n) is 7.48. The fourth-order valence-electron chi connectivity index (χ4n) is 3.20. The highest BCUT2D eigenvalue weighted by Crippen LogP contribution is 2.42. The summed E-state index contributed by atoms with van der Waals surface area (Å²) in [6.07, 6.45) is 4.07. The van der Waals surface area contributed by atoms with Gasteiger partial charge in [-0.25, -0.2) is 0 Å². The predicted molar refractivity (Wildman–Crippen MR) is 87.2 cm³/mol. The van der Waals surface area contributed by atoms with E-state index in [2.05, 4.69) is 36.2 Å². The molecule has 3 heteroatoms. The van der Waals surface area contributed by atoms with Gasteiger partial charge in [0.05, 0.1) is 11.7 Å². The molecule has 1 aromatic rings. The Hall–Kier alpha value is -1.87. The van der Waals surface area contributed by atoms with E-state index in [0.717, 1.165) is 24.1 Å². The van der Waals surface area contributed by atoms with Crippen LogP contribution >= 0.6 is 0 Å². The maximum absolute atomic E-state index is 12.7. The summed E-state index contributed by atoms with van der Waals surface area (Å²) in [6.45, 7) is 1.98. The van der Waals surface area contributed by atoms with Gasteiger partial charge in [0, 0.05) is 18.3 Å². The minimum absolute atomic E-state index is 0.0718. The molecule has 110 valence electrons. The number of rotatable bonds is 3. The number of carbonyl (C=O) groups is 1. The molecule has 0 saturated heterocycles. The maximum Gasteiger partial charge on any atom is 0.177 e. The molecule has 0 radical (unpaired) electrons. The lowest BCUT2D eigenvalue weighted by atomic mass is 9.99. The second-order valence-electron chi connectivity index (χ2n) is 6.12. The van der Waals surface area contributed by atoms with E-state index < -0.39 is 0 Å². The number of Topliss-reactive ketones (excluding diaryl/α,β-unsaturated/α-hetero) is 1. The van der Waals surface area contributed by atoms with Gasteiger partial charge >= 0.3 is 0 Å². The number of anilines is 1. The lowest BCUT2D eigenvalue weighted by Gasteiger charge is -2.30. The maximum atomic E-state index is 12.7. The van der Waals surface area contributed by atoms with Crippen LogP contribution in [0.5, 0.6) is 0 Å². The number of hydrogen-bond donors (Lipinski definition) is 0. The van der Waals surface area contributed by atoms with Crippen LogP contribution in [0.15, 0.2) is 41.1 Å². The van der Waals surface area contributed by atoms with E-state index in [1.54, 1.807) is 0 Å². The zero-order valence-electron chi connectivity index (χ0n) is 13.2. The Bertz CT molecular complexity index is 655. The molecule has 1 unspecified atom stereocenters. The monoisotopic (exact) mass is 282 g/mol. The van der Waals surface area contributed by atoms with Gasteiger partial charge in [-0.15, -0.1) is 0 Å². The van der Waals surface area contributed by atoms with Crippen molar-refractivity contribution in [3.05, 3.63) is 46.7 Å². The van der Waals surface area contributed by atoms with Crippen LogP contribution in [0.1, 0.15) is 25.3 Å². The quantitative estimate of drug-likeness (QED) is 0.851. The Morgan fingerprint density at radius 1 is 1.24 bits per heavy atom. The first-order valence-corrected chi connectivity index (χ1v) is 7.48. The van der Waals surface area contributed by atoms with Crippen LogP contribution in [0.3, 0.4) is 0 Å². The number of benzene rings is 1. The highest BCUT2D eigenvalue weighted by Gasteiger charge is 2.33. The van der Waals surface area contributed by atoms with Gasteiger partial charge in [-0.2, -0.15) is 0 Å². The summed E-state index contributed by atoms with van der Waals surface area (Å²) in [4.78, 5) is 16.9. The van der Waals surface area contributed by atoms with E-state index >= 15 is 0 Å². The summed E-state index contributed by atoms with van der Waals surface area (Å²) in [5.74, 6) is 0.254. The van der Waals surface area contributed by atoms with Crippen molar-refractivity contribution in [3.8, 4) is 0 Å². The molecule has 2 aliphatic rings. The second-order valence-corrected chi connectivity index (χ2v) is 6.12. The van der Waals surface area contributed by atoms with Gasteiger partial charge in [-0.1, -0.05) is 18.2 Å².